The number of hydrogen-bond acceptors (Lipinski definition) is 6. The van der Waals surface area contributed by atoms with Gasteiger partial charge in [0.25, 0.3) is 0 Å². The number of pyridine rings is 1. The van der Waals surface area contributed by atoms with Gasteiger partial charge >= 0.3 is 0 Å². The van der Waals surface area contributed by atoms with Gasteiger partial charge in [-0.05, 0) is 42.0 Å². The monoisotopic (exact) mass is 338 g/mol. The van der Waals surface area contributed by atoms with Crippen LogP contribution < -0.4 is 5.32 Å². The summed E-state index contributed by atoms with van der Waals surface area (Å²) in [5, 5.41) is 5.38. The lowest BCUT2D eigenvalue weighted by Gasteiger charge is -2.15. The van der Waals surface area contributed by atoms with Gasteiger partial charge in [0, 0.05) is 35.6 Å². The molecule has 3 aromatic rings. The van der Waals surface area contributed by atoms with Gasteiger partial charge in [0.05, 0.1) is 12.2 Å². The fraction of sp³-hybridized carbons (Fsp3) is 0.278. The Morgan fingerprint density at radius 1 is 1.25 bits per heavy atom. The van der Waals surface area contributed by atoms with Crippen molar-refractivity contribution in [3.8, 4) is 11.1 Å². The summed E-state index contributed by atoms with van der Waals surface area (Å²) in [6, 6.07) is 8.11. The Morgan fingerprint density at radius 2 is 2.17 bits per heavy atom. The number of ether oxygens (including phenoxy) is 1. The molecule has 1 saturated heterocycles. The minimum Gasteiger partial charge on any atom is -0.372 e. The van der Waals surface area contributed by atoms with Crippen molar-refractivity contribution in [2.45, 2.75) is 25.5 Å². The van der Waals surface area contributed by atoms with Crippen molar-refractivity contribution >= 4 is 17.3 Å². The molecular formula is C18H18N4OS. The zero-order chi connectivity index (χ0) is 16.2. The maximum absolute atomic E-state index is 5.87. The molecule has 1 unspecified atom stereocenters. The molecule has 24 heavy (non-hydrogen) atoms. The van der Waals surface area contributed by atoms with Crippen molar-refractivity contribution in [1.82, 2.24) is 15.0 Å². The summed E-state index contributed by atoms with van der Waals surface area (Å²) in [4.78, 5) is 14.6. The van der Waals surface area contributed by atoms with Crippen LogP contribution in [0.5, 0.6) is 0 Å². The van der Waals surface area contributed by atoms with E-state index in [1.807, 2.05) is 24.4 Å². The molecule has 1 aliphatic heterocycles. The summed E-state index contributed by atoms with van der Waals surface area (Å²) in [6.07, 6.45) is 7.58. The van der Waals surface area contributed by atoms with Crippen LogP contribution >= 0.6 is 11.3 Å². The average molecular weight is 338 g/mol. The van der Waals surface area contributed by atoms with E-state index in [2.05, 4.69) is 26.7 Å². The van der Waals surface area contributed by atoms with Gasteiger partial charge in [0.15, 0.2) is 0 Å². The molecule has 1 fully saturated rings. The lowest BCUT2D eigenvalue weighted by molar-refractivity contribution is 0.109. The molecule has 0 radical (unpaired) electrons. The third kappa shape index (κ3) is 3.29. The first-order valence-electron chi connectivity index (χ1n) is 8.05. The molecule has 0 bridgehead atoms. The minimum absolute atomic E-state index is 0.0402. The molecule has 3 aromatic heterocycles. The van der Waals surface area contributed by atoms with Crippen LogP contribution in [0.3, 0.4) is 0 Å². The second kappa shape index (κ2) is 7.07. The molecule has 1 N–H and O–H groups in total. The third-order valence-electron chi connectivity index (χ3n) is 4.05. The van der Waals surface area contributed by atoms with E-state index in [0.29, 0.717) is 5.95 Å². The van der Waals surface area contributed by atoms with Gasteiger partial charge in [-0.15, -0.1) is 11.3 Å². The van der Waals surface area contributed by atoms with E-state index >= 15 is 0 Å². The van der Waals surface area contributed by atoms with Gasteiger partial charge in [-0.1, -0.05) is 6.07 Å². The summed E-state index contributed by atoms with van der Waals surface area (Å²) >= 11 is 1.72. The number of rotatable bonds is 5. The van der Waals surface area contributed by atoms with Crippen molar-refractivity contribution in [3.05, 3.63) is 58.8 Å². The number of aromatic nitrogens is 3. The van der Waals surface area contributed by atoms with E-state index in [9.17, 15) is 0 Å². The lowest BCUT2D eigenvalue weighted by atomic mass is 10.0. The van der Waals surface area contributed by atoms with Crippen LogP contribution in [0.2, 0.25) is 0 Å². The molecule has 5 nitrogen and oxygen atoms in total. The summed E-state index contributed by atoms with van der Waals surface area (Å²) in [7, 11) is 0. The minimum atomic E-state index is 0.0402. The maximum atomic E-state index is 5.87. The highest BCUT2D eigenvalue weighted by atomic mass is 32.1. The summed E-state index contributed by atoms with van der Waals surface area (Å²) in [5.74, 6) is 0.645. The molecule has 0 spiro atoms. The molecule has 122 valence electrons. The zero-order valence-corrected chi connectivity index (χ0v) is 14.0. The van der Waals surface area contributed by atoms with Crippen molar-refractivity contribution in [1.29, 1.82) is 0 Å². The highest BCUT2D eigenvalue weighted by Crippen LogP contribution is 2.34. The van der Waals surface area contributed by atoms with Crippen LogP contribution in [0, 0.1) is 0 Å². The summed E-state index contributed by atoms with van der Waals surface area (Å²) < 4.78 is 5.87. The molecule has 4 heterocycles. The number of nitrogens with zero attached hydrogens (tertiary/aromatic N) is 3. The Bertz CT molecular complexity index is 786. The number of anilines is 1. The molecular weight excluding hydrogens is 320 g/mol. The van der Waals surface area contributed by atoms with Gasteiger partial charge in [0.1, 0.15) is 6.10 Å². The molecule has 1 aliphatic rings. The second-order valence-electron chi connectivity index (χ2n) is 5.66. The van der Waals surface area contributed by atoms with Crippen molar-refractivity contribution in [2.24, 2.45) is 0 Å². The Labute approximate surface area is 144 Å². The Hall–Kier alpha value is -2.31. The van der Waals surface area contributed by atoms with Crippen LogP contribution in [0.1, 0.15) is 29.5 Å². The Balaban J connectivity index is 1.64. The SMILES string of the molecule is c1csc(CNc2ncc(-c3ccncc3)c(C3CCCO3)n2)c1. The van der Waals surface area contributed by atoms with Crippen LogP contribution in [-0.4, -0.2) is 21.6 Å². The summed E-state index contributed by atoms with van der Waals surface area (Å²) in [6.45, 7) is 1.53. The Kier molecular flexibility index (Phi) is 4.49. The first-order chi connectivity index (χ1) is 11.9. The third-order valence-corrected chi connectivity index (χ3v) is 4.92. The highest BCUT2D eigenvalue weighted by Gasteiger charge is 2.23. The first kappa shape index (κ1) is 15.2. The predicted octanol–water partition coefficient (Wildman–Crippen LogP) is 4.06. The summed E-state index contributed by atoms with van der Waals surface area (Å²) in [5.41, 5.74) is 3.05. The largest absolute Gasteiger partial charge is 0.372 e. The number of thiophene rings is 1. The Morgan fingerprint density at radius 3 is 2.92 bits per heavy atom. The fourth-order valence-electron chi connectivity index (χ4n) is 2.85. The van der Waals surface area contributed by atoms with Crippen LogP contribution in [0.25, 0.3) is 11.1 Å². The van der Waals surface area contributed by atoms with Crippen LogP contribution in [-0.2, 0) is 11.3 Å². The quantitative estimate of drug-likeness (QED) is 0.760. The van der Waals surface area contributed by atoms with Gasteiger partial charge in [-0.2, -0.15) is 0 Å². The van der Waals surface area contributed by atoms with Gasteiger partial charge < -0.3 is 10.1 Å². The average Bonchev–Trinajstić information content (AvgIpc) is 3.34. The molecule has 4 rings (SSSR count). The lowest BCUT2D eigenvalue weighted by Crippen LogP contribution is -2.08. The van der Waals surface area contributed by atoms with E-state index < -0.39 is 0 Å². The van der Waals surface area contributed by atoms with Gasteiger partial charge in [-0.3, -0.25) is 4.98 Å². The van der Waals surface area contributed by atoms with E-state index in [0.717, 1.165) is 42.8 Å². The molecule has 1 atom stereocenters. The zero-order valence-electron chi connectivity index (χ0n) is 13.2. The van der Waals surface area contributed by atoms with Crippen molar-refractivity contribution < 1.29 is 4.74 Å². The number of hydrogen-bond donors (Lipinski definition) is 1. The van der Waals surface area contributed by atoms with Crippen molar-refractivity contribution in [2.75, 3.05) is 11.9 Å². The van der Waals surface area contributed by atoms with Gasteiger partial charge in [-0.25, -0.2) is 9.97 Å². The molecule has 0 aliphatic carbocycles. The molecule has 6 heteroatoms. The number of nitrogens with one attached hydrogen (secondary N) is 1. The maximum Gasteiger partial charge on any atom is 0.223 e. The topological polar surface area (TPSA) is 59.9 Å². The van der Waals surface area contributed by atoms with E-state index in [1.165, 1.54) is 4.88 Å². The van der Waals surface area contributed by atoms with Crippen LogP contribution in [0.15, 0.2) is 48.2 Å². The smallest absolute Gasteiger partial charge is 0.223 e. The molecule has 0 amide bonds. The highest BCUT2D eigenvalue weighted by molar-refractivity contribution is 7.09. The van der Waals surface area contributed by atoms with E-state index in [-0.39, 0.29) is 6.10 Å². The second-order valence-corrected chi connectivity index (χ2v) is 6.70. The molecule has 0 saturated carbocycles. The van der Waals surface area contributed by atoms with E-state index in [1.54, 1.807) is 23.7 Å². The van der Waals surface area contributed by atoms with Crippen molar-refractivity contribution in [3.63, 3.8) is 0 Å². The van der Waals surface area contributed by atoms with E-state index in [4.69, 9.17) is 9.72 Å². The van der Waals surface area contributed by atoms with Gasteiger partial charge in [0.2, 0.25) is 5.95 Å². The first-order valence-corrected chi connectivity index (χ1v) is 8.93. The standard InChI is InChI=1S/C18H18N4OS/c1-4-16(23-9-1)17-15(13-5-7-19-8-6-13)12-21-18(22-17)20-11-14-3-2-10-24-14/h2-3,5-8,10,12,16H,1,4,9,11H2,(H,20,21,22). The normalized spacial score (nSPS) is 17.1. The van der Waals surface area contributed by atoms with Crippen LogP contribution in [0.4, 0.5) is 5.95 Å². The fourth-order valence-corrected chi connectivity index (χ4v) is 3.50. The molecule has 0 aromatic carbocycles. The predicted molar refractivity (Wildman–Crippen MR) is 94.8 cm³/mol.